The number of aliphatic hydroxyl groups excluding tert-OH is 1. The first kappa shape index (κ1) is 59.2. The van der Waals surface area contributed by atoms with Crippen molar-refractivity contribution in [2.75, 3.05) is 21.3 Å². The number of aromatic amines is 4. The smallest absolute Gasteiger partial charge is 0.223 e. The lowest BCUT2D eigenvalue weighted by molar-refractivity contribution is 0.126. The number of nitrogens with one attached hydrogen (secondary N) is 8. The van der Waals surface area contributed by atoms with Gasteiger partial charge in [0.25, 0.3) is 0 Å². The Labute approximate surface area is 522 Å². The maximum Gasteiger partial charge on any atom is 0.223 e. The third kappa shape index (κ3) is 14.7. The van der Waals surface area contributed by atoms with E-state index in [1.807, 2.05) is 98.0 Å². The number of H-pyrrole nitrogens is 4. The van der Waals surface area contributed by atoms with E-state index in [4.69, 9.17) is 9.97 Å². The number of aromatic nitrogens is 16. The number of nitrogens with zero attached hydrogens (tertiary/aromatic N) is 12. The molecule has 90 heavy (non-hydrogen) atoms. The van der Waals surface area contributed by atoms with Gasteiger partial charge in [-0.05, 0) is 156 Å². The lowest BCUT2D eigenvalue weighted by Gasteiger charge is -2.26. The molecule has 0 amide bonds. The van der Waals surface area contributed by atoms with E-state index in [2.05, 4.69) is 116 Å². The molecule has 0 bridgehead atoms. The summed E-state index contributed by atoms with van der Waals surface area (Å²) in [6.07, 6.45) is 43.3. The fraction of sp³-hybridized carbons (Fsp3) is 0.362. The van der Waals surface area contributed by atoms with Crippen LogP contribution in [0.15, 0.2) is 147 Å². The largest absolute Gasteiger partial charge is 0.393 e. The molecule has 0 atom stereocenters. The normalized spacial score (nSPS) is 18.8. The standard InChI is InChI=1S/2C18H21N5.C17H19N5O.C16H17N5/c1-12-4-6-13(7-5-12)22-18-20-10-8-16(23-18)15-11-21-17-14(15)3-2-9-19-17;1-2-4-7-13(6-3-1)22-18-20-11-9-16(23-18)15-12-21-17-14(15)8-5-10-19-17;23-12-5-3-11(4-6-12)21-17-19-9-7-15(22-17)14-10-20-16-13(14)2-1-8-18-16;1-2-5-11(4-1)20-16-18-9-7-14(21-16)13-10-19-15-12(13)6-3-8-17-15/h2-3,8-13H,4-7H2,1H3,(H,19,21)(H,20,22,23);5,8-13H,1-4,6-7H2,(H,19,21)(H,20,22,23);1-2,7-12,23H,3-6H2,(H,18,20)(H,19,21,22);3,6-11H,1-2,4-5H2,(H,17,19)(H,18,20,21). The number of pyridine rings is 4. The van der Waals surface area contributed by atoms with E-state index in [9.17, 15) is 5.11 Å². The van der Waals surface area contributed by atoms with Crippen LogP contribution in [-0.4, -0.2) is 115 Å². The van der Waals surface area contributed by atoms with Gasteiger partial charge in [-0.15, -0.1) is 0 Å². The highest BCUT2D eigenvalue weighted by molar-refractivity contribution is 5.95. The summed E-state index contributed by atoms with van der Waals surface area (Å²) in [5.41, 5.74) is 11.4. The molecule has 12 heterocycles. The topological polar surface area (TPSA) is 286 Å². The lowest BCUT2D eigenvalue weighted by atomic mass is 9.87. The van der Waals surface area contributed by atoms with Crippen LogP contribution >= 0.6 is 0 Å². The Balaban J connectivity index is 0.000000110. The average molecular weight is 1200 g/mol. The molecule has 0 aliphatic heterocycles. The lowest BCUT2D eigenvalue weighted by Crippen LogP contribution is -2.28. The monoisotopic (exact) mass is 1200 g/mol. The Morgan fingerprint density at radius 2 is 0.600 bits per heavy atom. The first-order chi connectivity index (χ1) is 44.4. The summed E-state index contributed by atoms with van der Waals surface area (Å²) in [4.78, 5) is 66.3. The maximum absolute atomic E-state index is 9.59. The van der Waals surface area contributed by atoms with Gasteiger partial charge in [0.15, 0.2) is 0 Å². The summed E-state index contributed by atoms with van der Waals surface area (Å²) in [6, 6.07) is 25.6. The molecule has 4 aliphatic carbocycles. The number of hydrogen-bond acceptors (Lipinski definition) is 17. The van der Waals surface area contributed by atoms with Crippen molar-refractivity contribution in [3.8, 4) is 45.0 Å². The van der Waals surface area contributed by atoms with E-state index in [0.29, 0.717) is 30.1 Å². The molecule has 21 heteroatoms. The second-order valence-corrected chi connectivity index (χ2v) is 24.2. The average Bonchev–Trinajstić information content (AvgIpc) is 2.73. The van der Waals surface area contributed by atoms with Crippen molar-refractivity contribution in [3.05, 3.63) is 147 Å². The molecule has 0 spiro atoms. The van der Waals surface area contributed by atoms with Crippen LogP contribution in [0.25, 0.3) is 89.2 Å². The molecular weight excluding hydrogens is 1120 g/mol. The molecule has 12 aromatic heterocycles. The van der Waals surface area contributed by atoms with E-state index in [0.717, 1.165) is 139 Å². The van der Waals surface area contributed by atoms with Crippen LogP contribution < -0.4 is 21.3 Å². The van der Waals surface area contributed by atoms with Crippen LogP contribution in [0.4, 0.5) is 23.8 Å². The fourth-order valence-corrected chi connectivity index (χ4v) is 12.8. The van der Waals surface area contributed by atoms with Crippen LogP contribution in [-0.2, 0) is 0 Å². The second-order valence-electron chi connectivity index (χ2n) is 24.2. The van der Waals surface area contributed by atoms with E-state index in [1.54, 1.807) is 31.0 Å². The molecule has 0 aromatic carbocycles. The van der Waals surface area contributed by atoms with Gasteiger partial charge >= 0.3 is 0 Å². The van der Waals surface area contributed by atoms with Gasteiger partial charge in [0.1, 0.15) is 22.6 Å². The van der Waals surface area contributed by atoms with E-state index < -0.39 is 0 Å². The highest BCUT2D eigenvalue weighted by Crippen LogP contribution is 2.33. The number of anilines is 4. The number of rotatable bonds is 12. The molecule has 0 saturated heterocycles. The minimum absolute atomic E-state index is 0.154. The SMILES string of the molecule is CC1CCC(Nc2nccc(-c3c[nH]c4ncccc34)n2)CC1.OC1CCC(Nc2nccc(-c3c[nH]c4ncccc34)n2)CC1.c1cnc2[nH]cc(-c3ccnc(NC4CCCC4)n3)c2c1.c1cnc2[nH]cc(-c3ccnc(NC4CCCCCC4)n3)c2c1. The predicted molar refractivity (Wildman–Crippen MR) is 356 cm³/mol. The third-order valence-electron chi connectivity index (χ3n) is 17.8. The Hall–Kier alpha value is -9.76. The molecule has 21 nitrogen and oxygen atoms in total. The van der Waals surface area contributed by atoms with Crippen molar-refractivity contribution >= 4 is 67.9 Å². The van der Waals surface area contributed by atoms with Gasteiger partial charge in [-0.3, -0.25) is 0 Å². The third-order valence-corrected chi connectivity index (χ3v) is 17.8. The summed E-state index contributed by atoms with van der Waals surface area (Å²) in [5, 5.41) is 27.8. The van der Waals surface area contributed by atoms with Crippen LogP contribution in [0, 0.1) is 5.92 Å². The minimum atomic E-state index is -0.154. The molecule has 16 rings (SSSR count). The van der Waals surface area contributed by atoms with Crippen LogP contribution in [0.1, 0.15) is 122 Å². The summed E-state index contributed by atoms with van der Waals surface area (Å²) in [5.74, 6) is 3.66. The zero-order chi connectivity index (χ0) is 60.9. The summed E-state index contributed by atoms with van der Waals surface area (Å²) < 4.78 is 0. The molecule has 4 fully saturated rings. The second kappa shape index (κ2) is 28.6. The van der Waals surface area contributed by atoms with E-state index in [-0.39, 0.29) is 6.10 Å². The van der Waals surface area contributed by atoms with E-state index >= 15 is 0 Å². The number of hydrogen-bond donors (Lipinski definition) is 9. The van der Waals surface area contributed by atoms with Gasteiger partial charge in [-0.25, -0.2) is 59.8 Å². The Morgan fingerprint density at radius 1 is 0.322 bits per heavy atom. The van der Waals surface area contributed by atoms with Crippen LogP contribution in [0.2, 0.25) is 0 Å². The first-order valence-electron chi connectivity index (χ1n) is 32.2. The van der Waals surface area contributed by atoms with Crippen molar-refractivity contribution in [1.29, 1.82) is 0 Å². The van der Waals surface area contributed by atoms with Crippen molar-refractivity contribution in [2.24, 2.45) is 5.92 Å². The Morgan fingerprint density at radius 3 is 0.911 bits per heavy atom. The molecule has 4 saturated carbocycles. The van der Waals surface area contributed by atoms with Crippen molar-refractivity contribution in [3.63, 3.8) is 0 Å². The summed E-state index contributed by atoms with van der Waals surface area (Å²) in [7, 11) is 0. The highest BCUT2D eigenvalue weighted by Gasteiger charge is 2.23. The highest BCUT2D eigenvalue weighted by atomic mass is 16.3. The predicted octanol–water partition coefficient (Wildman–Crippen LogP) is 14.3. The van der Waals surface area contributed by atoms with Crippen molar-refractivity contribution in [2.45, 2.75) is 153 Å². The Bertz CT molecular complexity index is 4100. The molecule has 0 unspecified atom stereocenters. The Kier molecular flexibility index (Phi) is 18.8. The zero-order valence-electron chi connectivity index (χ0n) is 50.9. The molecule has 12 aromatic rings. The quantitative estimate of drug-likeness (QED) is 0.0514. The van der Waals surface area contributed by atoms with Crippen LogP contribution in [0.3, 0.4) is 0 Å². The van der Waals surface area contributed by atoms with Crippen LogP contribution in [0.5, 0.6) is 0 Å². The number of aliphatic hydroxyl groups is 1. The van der Waals surface area contributed by atoms with Crippen molar-refractivity contribution < 1.29 is 5.11 Å². The molecule has 0 radical (unpaired) electrons. The van der Waals surface area contributed by atoms with Gasteiger partial charge in [0.05, 0.1) is 28.9 Å². The molecule has 9 N–H and O–H groups in total. The van der Waals surface area contributed by atoms with E-state index in [1.165, 1.54) is 89.9 Å². The molecular formula is C69H78N20O. The van der Waals surface area contributed by atoms with Gasteiger partial charge in [0, 0.05) is 142 Å². The van der Waals surface area contributed by atoms with Gasteiger partial charge in [-0.2, -0.15) is 0 Å². The van der Waals surface area contributed by atoms with Gasteiger partial charge < -0.3 is 46.3 Å². The maximum atomic E-state index is 9.59. The minimum Gasteiger partial charge on any atom is -0.393 e. The zero-order valence-corrected chi connectivity index (χ0v) is 50.9. The molecule has 4 aliphatic rings. The fourth-order valence-electron chi connectivity index (χ4n) is 12.8. The summed E-state index contributed by atoms with van der Waals surface area (Å²) in [6.45, 7) is 2.33. The van der Waals surface area contributed by atoms with Crippen molar-refractivity contribution in [1.82, 2.24) is 79.7 Å². The van der Waals surface area contributed by atoms with Gasteiger partial charge in [0.2, 0.25) is 23.8 Å². The molecule has 460 valence electrons. The summed E-state index contributed by atoms with van der Waals surface area (Å²) >= 11 is 0. The van der Waals surface area contributed by atoms with Gasteiger partial charge in [-0.1, -0.05) is 45.4 Å². The first-order valence-corrected chi connectivity index (χ1v) is 32.2. The number of fused-ring (bicyclic) bond motifs is 4.